The normalized spacial score (nSPS) is 10.2. The van der Waals surface area contributed by atoms with E-state index in [-0.39, 0.29) is 17.1 Å². The van der Waals surface area contributed by atoms with Crippen molar-refractivity contribution < 1.29 is 4.79 Å². The minimum atomic E-state index is -0.130. The Balaban J connectivity index is 0.000000244. The molecule has 2 N–H and O–H groups in total. The van der Waals surface area contributed by atoms with Crippen LogP contribution >= 0.6 is 23.2 Å². The van der Waals surface area contributed by atoms with Crippen molar-refractivity contribution >= 4 is 46.7 Å². The Hall–Kier alpha value is -2.91. The third-order valence-electron chi connectivity index (χ3n) is 4.25. The number of halogens is 2. The fourth-order valence-corrected chi connectivity index (χ4v) is 3.24. The van der Waals surface area contributed by atoms with Crippen molar-refractivity contribution in [2.45, 2.75) is 34.4 Å². The van der Waals surface area contributed by atoms with Crippen molar-refractivity contribution in [2.24, 2.45) is 0 Å². The molecule has 32 heavy (non-hydrogen) atoms. The van der Waals surface area contributed by atoms with Crippen molar-refractivity contribution in [3.63, 3.8) is 0 Å². The van der Waals surface area contributed by atoms with E-state index in [0.717, 1.165) is 29.9 Å². The van der Waals surface area contributed by atoms with E-state index < -0.39 is 0 Å². The van der Waals surface area contributed by atoms with E-state index in [4.69, 9.17) is 23.2 Å². The van der Waals surface area contributed by atoms with Gasteiger partial charge in [-0.05, 0) is 56.5 Å². The van der Waals surface area contributed by atoms with Gasteiger partial charge in [-0.1, -0.05) is 18.2 Å². The largest absolute Gasteiger partial charge is 0.354 e. The van der Waals surface area contributed by atoms with Gasteiger partial charge in [0, 0.05) is 25.5 Å². The Morgan fingerprint density at radius 1 is 1.03 bits per heavy atom. The zero-order valence-electron chi connectivity index (χ0n) is 18.6. The fourth-order valence-electron chi connectivity index (χ4n) is 2.93. The quantitative estimate of drug-likeness (QED) is 0.469. The molecule has 3 aromatic rings. The van der Waals surface area contributed by atoms with Crippen LogP contribution in [0.5, 0.6) is 0 Å². The summed E-state index contributed by atoms with van der Waals surface area (Å²) in [6.45, 7) is 9.77. The summed E-state index contributed by atoms with van der Waals surface area (Å²) < 4.78 is 1.70. The molecule has 9 nitrogen and oxygen atoms in total. The van der Waals surface area contributed by atoms with E-state index in [1.807, 2.05) is 58.2 Å². The molecule has 0 saturated heterocycles. The first-order valence-corrected chi connectivity index (χ1v) is 11.1. The van der Waals surface area contributed by atoms with Crippen LogP contribution in [0.4, 0.5) is 17.6 Å². The number of carbonyl (C=O) groups excluding carboxylic acids is 1. The van der Waals surface area contributed by atoms with Gasteiger partial charge in [0.25, 0.3) is 0 Å². The van der Waals surface area contributed by atoms with Gasteiger partial charge >= 0.3 is 0 Å². The van der Waals surface area contributed by atoms with Gasteiger partial charge in [-0.2, -0.15) is 20.1 Å². The average molecular weight is 479 g/mol. The van der Waals surface area contributed by atoms with E-state index >= 15 is 0 Å². The van der Waals surface area contributed by atoms with Crippen molar-refractivity contribution in [1.29, 1.82) is 0 Å². The molecule has 0 unspecified atom stereocenters. The van der Waals surface area contributed by atoms with Crippen LogP contribution in [-0.2, 0) is 11.5 Å². The summed E-state index contributed by atoms with van der Waals surface area (Å²) in [6, 6.07) is 7.78. The fraction of sp³-hybridized carbons (Fsp3) is 0.381. The molecule has 0 atom stereocenters. The van der Waals surface area contributed by atoms with Crippen LogP contribution < -0.4 is 15.5 Å². The minimum absolute atomic E-state index is 0.0466. The van der Waals surface area contributed by atoms with Crippen LogP contribution in [0.25, 0.3) is 0 Å². The molecule has 0 aliphatic rings. The summed E-state index contributed by atoms with van der Waals surface area (Å²) in [6.07, 6.45) is 3.51. The lowest BCUT2D eigenvalue weighted by Gasteiger charge is -2.25. The first-order valence-electron chi connectivity index (χ1n) is 10.2. The highest BCUT2D eigenvalue weighted by molar-refractivity contribution is 6.29. The molecular formula is C21H28Cl2N8O. The molecule has 2 aromatic heterocycles. The van der Waals surface area contributed by atoms with Crippen LogP contribution in [0.2, 0.25) is 5.28 Å². The number of alkyl halides is 1. The lowest BCUT2D eigenvalue weighted by Crippen LogP contribution is -2.35. The number of anilines is 3. The molecule has 1 aromatic carbocycles. The SMILES string of the molecule is CCNc1nc(Cl)nc(NCC)n1.Cc1cccc(C)c1N(Cn1cccn1)C(=O)CCl. The van der Waals surface area contributed by atoms with Gasteiger partial charge in [0.15, 0.2) is 0 Å². The number of aromatic nitrogens is 5. The van der Waals surface area contributed by atoms with E-state index in [9.17, 15) is 4.79 Å². The number of hydrogen-bond donors (Lipinski definition) is 2. The first kappa shape index (κ1) is 25.4. The average Bonchev–Trinajstić information content (AvgIpc) is 3.26. The Kier molecular flexibility index (Phi) is 10.2. The zero-order chi connectivity index (χ0) is 23.5. The van der Waals surface area contributed by atoms with Crippen molar-refractivity contribution in [3.8, 4) is 0 Å². The third kappa shape index (κ3) is 7.35. The van der Waals surface area contributed by atoms with Gasteiger partial charge in [0.2, 0.25) is 23.1 Å². The van der Waals surface area contributed by atoms with Crippen molar-refractivity contribution in [3.05, 3.63) is 53.1 Å². The number of rotatable bonds is 8. The van der Waals surface area contributed by atoms with Crippen molar-refractivity contribution in [1.82, 2.24) is 24.7 Å². The van der Waals surface area contributed by atoms with Crippen LogP contribution in [0.15, 0.2) is 36.7 Å². The molecule has 0 fully saturated rings. The smallest absolute Gasteiger partial charge is 0.243 e. The highest BCUT2D eigenvalue weighted by Gasteiger charge is 2.19. The standard InChI is InChI=1S/C14H16ClN3O.C7H12ClN5/c1-11-5-3-6-12(2)14(11)18(13(19)9-15)10-17-8-4-7-16-17;1-3-9-6-11-5(8)12-7(13-6)10-4-2/h3-8H,9-10H2,1-2H3;3-4H2,1-2H3,(H2,9,10,11,12,13). The number of nitrogens with zero attached hydrogens (tertiary/aromatic N) is 6. The number of benzene rings is 1. The third-order valence-corrected chi connectivity index (χ3v) is 4.65. The van der Waals surface area contributed by atoms with Crippen LogP contribution in [0.1, 0.15) is 25.0 Å². The summed E-state index contributed by atoms with van der Waals surface area (Å²) in [5.74, 6) is 0.821. The minimum Gasteiger partial charge on any atom is -0.354 e. The molecule has 0 radical (unpaired) electrons. The van der Waals surface area contributed by atoms with E-state index in [1.165, 1.54) is 0 Å². The summed E-state index contributed by atoms with van der Waals surface area (Å²) in [4.78, 5) is 25.6. The van der Waals surface area contributed by atoms with Gasteiger partial charge < -0.3 is 10.6 Å². The Morgan fingerprint density at radius 3 is 2.09 bits per heavy atom. The van der Waals surface area contributed by atoms with Gasteiger partial charge in [-0.25, -0.2) is 0 Å². The number of hydrogen-bond acceptors (Lipinski definition) is 7. The second-order valence-corrected chi connectivity index (χ2v) is 7.30. The zero-order valence-corrected chi connectivity index (χ0v) is 20.2. The molecule has 1 amide bonds. The molecule has 0 saturated carbocycles. The number of para-hydroxylation sites is 1. The van der Waals surface area contributed by atoms with Crippen LogP contribution in [-0.4, -0.2) is 49.6 Å². The molecule has 11 heteroatoms. The summed E-state index contributed by atoms with van der Waals surface area (Å²) >= 11 is 11.4. The van der Waals surface area contributed by atoms with Gasteiger partial charge in [0.05, 0.1) is 5.69 Å². The molecular weight excluding hydrogens is 451 g/mol. The van der Waals surface area contributed by atoms with E-state index in [2.05, 4.69) is 30.7 Å². The van der Waals surface area contributed by atoms with Crippen molar-refractivity contribution in [2.75, 3.05) is 34.5 Å². The highest BCUT2D eigenvalue weighted by Crippen LogP contribution is 2.25. The second kappa shape index (κ2) is 12.8. The summed E-state index contributed by atoms with van der Waals surface area (Å²) in [5, 5.41) is 10.3. The summed E-state index contributed by atoms with van der Waals surface area (Å²) in [7, 11) is 0. The molecule has 0 bridgehead atoms. The number of amides is 1. The maximum Gasteiger partial charge on any atom is 0.243 e. The Morgan fingerprint density at radius 2 is 1.62 bits per heavy atom. The lowest BCUT2D eigenvalue weighted by molar-refractivity contribution is -0.116. The highest BCUT2D eigenvalue weighted by atomic mass is 35.5. The Labute approximate surface area is 198 Å². The number of carbonyl (C=O) groups is 1. The van der Waals surface area contributed by atoms with Gasteiger partial charge in [0.1, 0.15) is 12.5 Å². The maximum atomic E-state index is 12.1. The molecule has 0 aliphatic heterocycles. The van der Waals surface area contributed by atoms with Crippen LogP contribution in [0.3, 0.4) is 0 Å². The predicted octanol–water partition coefficient (Wildman–Crippen LogP) is 4.12. The van der Waals surface area contributed by atoms with Crippen LogP contribution in [0, 0.1) is 13.8 Å². The molecule has 3 rings (SSSR count). The van der Waals surface area contributed by atoms with E-state index in [1.54, 1.807) is 15.8 Å². The van der Waals surface area contributed by atoms with E-state index in [0.29, 0.717) is 18.6 Å². The lowest BCUT2D eigenvalue weighted by atomic mass is 10.1. The predicted molar refractivity (Wildman–Crippen MR) is 130 cm³/mol. The number of nitrogens with one attached hydrogen (secondary N) is 2. The summed E-state index contributed by atoms with van der Waals surface area (Å²) in [5.41, 5.74) is 3.00. The maximum absolute atomic E-state index is 12.1. The molecule has 2 heterocycles. The first-order chi connectivity index (χ1) is 15.4. The second-order valence-electron chi connectivity index (χ2n) is 6.70. The van der Waals surface area contributed by atoms with Gasteiger partial charge in [-0.15, -0.1) is 11.6 Å². The topological polar surface area (TPSA) is 101 Å². The molecule has 0 spiro atoms. The Bertz CT molecular complexity index is 953. The molecule has 172 valence electrons. The number of aryl methyl sites for hydroxylation is 2. The monoisotopic (exact) mass is 478 g/mol. The molecule has 0 aliphatic carbocycles. The van der Waals surface area contributed by atoms with Gasteiger partial charge in [-0.3, -0.25) is 14.4 Å².